The lowest BCUT2D eigenvalue weighted by molar-refractivity contribution is 0.584. The molecule has 0 unspecified atom stereocenters. The highest BCUT2D eigenvalue weighted by Crippen LogP contribution is 2.11. The zero-order valence-electron chi connectivity index (χ0n) is 9.69. The van der Waals surface area contributed by atoms with E-state index in [1.54, 1.807) is 36.7 Å². The summed E-state index contributed by atoms with van der Waals surface area (Å²) in [5, 5.41) is 3.72. The first-order valence-electron chi connectivity index (χ1n) is 5.28. The van der Waals surface area contributed by atoms with Crippen molar-refractivity contribution in [3.63, 3.8) is 0 Å². The van der Waals surface area contributed by atoms with Crippen molar-refractivity contribution < 1.29 is 8.42 Å². The number of hydrogen-bond acceptors (Lipinski definition) is 4. The van der Waals surface area contributed by atoms with Gasteiger partial charge < -0.3 is 0 Å². The number of sulfonamides is 1. The second-order valence-corrected chi connectivity index (χ2v) is 6.49. The number of nitrogens with zero attached hydrogens (tertiary/aromatic N) is 2. The van der Waals surface area contributed by atoms with E-state index in [0.717, 1.165) is 9.13 Å². The van der Waals surface area contributed by atoms with E-state index in [9.17, 15) is 8.42 Å². The van der Waals surface area contributed by atoms with Crippen LogP contribution in [0.5, 0.6) is 0 Å². The number of rotatable bonds is 4. The Bertz CT molecular complexity index is 670. The van der Waals surface area contributed by atoms with Crippen LogP contribution in [0.4, 0.5) is 0 Å². The molecule has 5 nitrogen and oxygen atoms in total. The van der Waals surface area contributed by atoms with Crippen molar-refractivity contribution in [2.75, 3.05) is 0 Å². The molecule has 98 valence electrons. The Morgan fingerprint density at radius 1 is 1.11 bits per heavy atom. The number of hydrazone groups is 1. The topological polar surface area (TPSA) is 71.4 Å². The molecule has 0 amide bonds. The minimum Gasteiger partial charge on any atom is -0.265 e. The highest BCUT2D eigenvalue weighted by molar-refractivity contribution is 14.1. The fourth-order valence-electron chi connectivity index (χ4n) is 1.29. The molecule has 0 spiro atoms. The maximum atomic E-state index is 11.9. The highest BCUT2D eigenvalue weighted by Gasteiger charge is 2.11. The molecule has 1 aromatic heterocycles. The number of aromatic nitrogens is 1. The normalized spacial score (nSPS) is 11.6. The molecule has 0 aliphatic heterocycles. The third kappa shape index (κ3) is 4.00. The number of nitrogens with one attached hydrogen (secondary N) is 1. The first-order chi connectivity index (χ1) is 9.08. The third-order valence-electron chi connectivity index (χ3n) is 2.22. The lowest BCUT2D eigenvalue weighted by atomic mass is 10.3. The second-order valence-electron chi connectivity index (χ2n) is 3.59. The van der Waals surface area contributed by atoms with Gasteiger partial charge in [-0.1, -0.05) is 0 Å². The Balaban J connectivity index is 2.10. The smallest absolute Gasteiger partial charge is 0.265 e. The maximum absolute atomic E-state index is 11.9. The SMILES string of the molecule is O=S(=O)(N/N=C\c1ccncc1)c1ccc(I)cc1. The van der Waals surface area contributed by atoms with E-state index in [-0.39, 0.29) is 4.90 Å². The van der Waals surface area contributed by atoms with Crippen molar-refractivity contribution in [2.24, 2.45) is 5.10 Å². The standard InChI is InChI=1S/C12H10IN3O2S/c13-11-1-3-12(4-2-11)19(17,18)16-15-9-10-5-7-14-8-6-10/h1-9,16H/b15-9-. The van der Waals surface area contributed by atoms with Crippen LogP contribution in [0.25, 0.3) is 0 Å². The van der Waals surface area contributed by atoms with Crippen molar-refractivity contribution >= 4 is 38.8 Å². The Labute approximate surface area is 125 Å². The van der Waals surface area contributed by atoms with Crippen LogP contribution in [0.1, 0.15) is 5.56 Å². The molecule has 0 bridgehead atoms. The summed E-state index contributed by atoms with van der Waals surface area (Å²) in [6.45, 7) is 0. The summed E-state index contributed by atoms with van der Waals surface area (Å²) in [6, 6.07) is 9.97. The molecule has 2 aromatic rings. The molecule has 0 saturated heterocycles. The fourth-order valence-corrected chi connectivity index (χ4v) is 2.44. The van der Waals surface area contributed by atoms with Crippen LogP contribution in [0.15, 0.2) is 58.8 Å². The summed E-state index contributed by atoms with van der Waals surface area (Å²) in [5.74, 6) is 0. The van der Waals surface area contributed by atoms with Crippen LogP contribution in [-0.4, -0.2) is 19.6 Å². The molecular formula is C12H10IN3O2S. The van der Waals surface area contributed by atoms with E-state index < -0.39 is 10.0 Å². The van der Waals surface area contributed by atoms with E-state index >= 15 is 0 Å². The summed E-state index contributed by atoms with van der Waals surface area (Å²) < 4.78 is 24.8. The zero-order chi connectivity index (χ0) is 13.7. The van der Waals surface area contributed by atoms with Crippen molar-refractivity contribution in [3.05, 3.63) is 57.9 Å². The monoisotopic (exact) mass is 387 g/mol. The second kappa shape index (κ2) is 6.11. The summed E-state index contributed by atoms with van der Waals surface area (Å²) in [4.78, 5) is 6.20. The van der Waals surface area contributed by atoms with E-state index in [2.05, 4.69) is 37.5 Å². The van der Waals surface area contributed by atoms with Crippen LogP contribution in [0.2, 0.25) is 0 Å². The van der Waals surface area contributed by atoms with Crippen molar-refractivity contribution in [1.29, 1.82) is 0 Å². The molecule has 0 atom stereocenters. The number of pyridine rings is 1. The average molecular weight is 387 g/mol. The van der Waals surface area contributed by atoms with Gasteiger partial charge in [-0.2, -0.15) is 13.5 Å². The maximum Gasteiger partial charge on any atom is 0.276 e. The molecule has 1 aromatic carbocycles. The number of halogens is 1. The molecule has 0 radical (unpaired) electrons. The summed E-state index contributed by atoms with van der Waals surface area (Å²) in [7, 11) is -3.61. The first kappa shape index (κ1) is 13.9. The Hall–Kier alpha value is -1.48. The van der Waals surface area contributed by atoms with Crippen molar-refractivity contribution in [1.82, 2.24) is 9.82 Å². The van der Waals surface area contributed by atoms with Crippen molar-refractivity contribution in [2.45, 2.75) is 4.90 Å². The summed E-state index contributed by atoms with van der Waals surface area (Å²) >= 11 is 2.11. The average Bonchev–Trinajstić information content (AvgIpc) is 2.40. The van der Waals surface area contributed by atoms with Gasteiger partial charge in [0.05, 0.1) is 11.1 Å². The molecule has 0 saturated carbocycles. The van der Waals surface area contributed by atoms with Gasteiger partial charge in [0.15, 0.2) is 0 Å². The van der Waals surface area contributed by atoms with Gasteiger partial charge in [0.1, 0.15) is 0 Å². The molecule has 19 heavy (non-hydrogen) atoms. The van der Waals surface area contributed by atoms with E-state index in [4.69, 9.17) is 0 Å². The predicted molar refractivity (Wildman–Crippen MR) is 81.3 cm³/mol. The van der Waals surface area contributed by atoms with Gasteiger partial charge in [-0.15, -0.1) is 0 Å². The molecule has 0 fully saturated rings. The van der Waals surface area contributed by atoms with Gasteiger partial charge >= 0.3 is 0 Å². The quantitative estimate of drug-likeness (QED) is 0.496. The molecule has 1 N–H and O–H groups in total. The largest absolute Gasteiger partial charge is 0.276 e. The van der Waals surface area contributed by atoms with E-state index in [0.29, 0.717) is 0 Å². The Kier molecular flexibility index (Phi) is 4.48. The molecule has 0 aliphatic rings. The summed E-state index contributed by atoms with van der Waals surface area (Å²) in [5.41, 5.74) is 0.764. The van der Waals surface area contributed by atoms with Gasteiger partial charge in [-0.25, -0.2) is 4.83 Å². The lowest BCUT2D eigenvalue weighted by Crippen LogP contribution is -2.18. The van der Waals surface area contributed by atoms with Gasteiger partial charge in [0, 0.05) is 16.0 Å². The number of hydrogen-bond donors (Lipinski definition) is 1. The summed E-state index contributed by atoms with van der Waals surface area (Å²) in [6.07, 6.45) is 4.63. The molecule has 1 heterocycles. The molecule has 0 aliphatic carbocycles. The first-order valence-corrected chi connectivity index (χ1v) is 7.84. The van der Waals surface area contributed by atoms with Crippen LogP contribution >= 0.6 is 22.6 Å². The van der Waals surface area contributed by atoms with Gasteiger partial charge in [0.25, 0.3) is 10.0 Å². The van der Waals surface area contributed by atoms with Gasteiger partial charge in [-0.3, -0.25) is 4.98 Å². The van der Waals surface area contributed by atoms with Crippen LogP contribution in [-0.2, 0) is 10.0 Å². The van der Waals surface area contributed by atoms with E-state index in [1.165, 1.54) is 18.3 Å². The minimum absolute atomic E-state index is 0.180. The van der Waals surface area contributed by atoms with Crippen molar-refractivity contribution in [3.8, 4) is 0 Å². The van der Waals surface area contributed by atoms with Crippen LogP contribution in [0, 0.1) is 3.57 Å². The highest BCUT2D eigenvalue weighted by atomic mass is 127. The third-order valence-corrected chi connectivity index (χ3v) is 4.17. The van der Waals surface area contributed by atoms with Crippen LogP contribution < -0.4 is 4.83 Å². The molecule has 2 rings (SSSR count). The minimum atomic E-state index is -3.61. The lowest BCUT2D eigenvalue weighted by Gasteiger charge is -2.02. The molecule has 7 heteroatoms. The Morgan fingerprint density at radius 3 is 2.37 bits per heavy atom. The fraction of sp³-hybridized carbons (Fsp3) is 0. The number of benzene rings is 1. The van der Waals surface area contributed by atoms with Gasteiger partial charge in [-0.05, 0) is 64.6 Å². The Morgan fingerprint density at radius 2 is 1.74 bits per heavy atom. The zero-order valence-corrected chi connectivity index (χ0v) is 12.7. The predicted octanol–water partition coefficient (Wildman–Crippen LogP) is 2.00. The molecular weight excluding hydrogens is 377 g/mol. The van der Waals surface area contributed by atoms with E-state index in [1.807, 2.05) is 0 Å². The van der Waals surface area contributed by atoms with Crippen LogP contribution in [0.3, 0.4) is 0 Å². The van der Waals surface area contributed by atoms with Gasteiger partial charge in [0.2, 0.25) is 0 Å².